The minimum Gasteiger partial charge on any atom is -0.497 e. The van der Waals surface area contributed by atoms with Crippen LogP contribution in [0.25, 0.3) is 0 Å². The Balaban J connectivity index is 1.61. The van der Waals surface area contributed by atoms with E-state index in [2.05, 4.69) is 4.72 Å². The van der Waals surface area contributed by atoms with Gasteiger partial charge in [0.25, 0.3) is 5.91 Å². The summed E-state index contributed by atoms with van der Waals surface area (Å²) in [5.41, 5.74) is 2.80. The van der Waals surface area contributed by atoms with Gasteiger partial charge in [0.1, 0.15) is 11.5 Å². The maximum atomic E-state index is 13.0. The molecule has 4 rings (SSSR count). The van der Waals surface area contributed by atoms with E-state index in [0.717, 1.165) is 5.56 Å². The van der Waals surface area contributed by atoms with E-state index in [0.29, 0.717) is 28.5 Å². The summed E-state index contributed by atoms with van der Waals surface area (Å²) in [6.07, 6.45) is 0. The highest BCUT2D eigenvalue weighted by Gasteiger charge is 2.26. The topological polar surface area (TPSA) is 84.9 Å². The number of methoxy groups -OCH3 is 1. The lowest BCUT2D eigenvalue weighted by molar-refractivity contribution is 0.0993. The number of fused-ring (bicyclic) bond motifs is 2. The van der Waals surface area contributed by atoms with E-state index in [4.69, 9.17) is 9.47 Å². The average Bonchev–Trinajstić information content (AvgIpc) is 2.83. The summed E-state index contributed by atoms with van der Waals surface area (Å²) in [7, 11) is -0.519. The monoisotopic (exact) mass is 438 g/mol. The number of hydrogen-bond donors (Lipinski definition) is 1. The van der Waals surface area contributed by atoms with Crippen molar-refractivity contribution in [2.75, 3.05) is 23.8 Å². The molecule has 0 atom stereocenters. The Hall–Kier alpha value is -3.52. The van der Waals surface area contributed by atoms with Crippen molar-refractivity contribution < 1.29 is 22.7 Å². The van der Waals surface area contributed by atoms with Crippen molar-refractivity contribution in [2.24, 2.45) is 0 Å². The predicted molar refractivity (Wildman–Crippen MR) is 120 cm³/mol. The molecular weight excluding hydrogens is 416 g/mol. The Kier molecular flexibility index (Phi) is 5.32. The van der Waals surface area contributed by atoms with Crippen LogP contribution in [-0.2, 0) is 15.8 Å². The Labute approximate surface area is 181 Å². The standard InChI is InChI=1S/C23H22N2O5S/c1-15-7-9-22-20(11-15)25(2)23(26)19-13-17(8-10-21(19)30-22)24-31(27,28)14-16-5-4-6-18(12-16)29-3/h4-13,24H,14H2,1-3H3. The normalized spacial score (nSPS) is 13.0. The number of amides is 1. The highest BCUT2D eigenvalue weighted by molar-refractivity contribution is 7.91. The molecule has 1 aliphatic heterocycles. The second-order valence-corrected chi connectivity index (χ2v) is 9.08. The smallest absolute Gasteiger partial charge is 0.261 e. The van der Waals surface area contributed by atoms with Crippen LogP contribution in [0, 0.1) is 6.92 Å². The fourth-order valence-electron chi connectivity index (χ4n) is 3.43. The third kappa shape index (κ3) is 4.34. The molecular formula is C23H22N2O5S. The minimum absolute atomic E-state index is 0.226. The number of aryl methyl sites for hydroxylation is 1. The molecule has 0 aromatic heterocycles. The second kappa shape index (κ2) is 7.96. The van der Waals surface area contributed by atoms with Gasteiger partial charge >= 0.3 is 0 Å². The predicted octanol–water partition coefficient (Wildman–Crippen LogP) is 4.33. The van der Waals surface area contributed by atoms with Crippen molar-refractivity contribution in [3.63, 3.8) is 0 Å². The first kappa shape index (κ1) is 20.7. The highest BCUT2D eigenvalue weighted by Crippen LogP contribution is 2.39. The molecule has 0 saturated heterocycles. The lowest BCUT2D eigenvalue weighted by atomic mass is 10.1. The van der Waals surface area contributed by atoms with Gasteiger partial charge in [0.05, 0.1) is 24.1 Å². The fourth-order valence-corrected chi connectivity index (χ4v) is 4.61. The molecule has 3 aromatic rings. The van der Waals surface area contributed by atoms with Gasteiger partial charge < -0.3 is 14.4 Å². The van der Waals surface area contributed by atoms with Crippen LogP contribution in [0.15, 0.2) is 60.7 Å². The van der Waals surface area contributed by atoms with Crippen LogP contribution in [0.3, 0.4) is 0 Å². The first-order chi connectivity index (χ1) is 14.8. The zero-order valence-corrected chi connectivity index (χ0v) is 18.2. The number of anilines is 2. The van der Waals surface area contributed by atoms with Gasteiger partial charge in [-0.15, -0.1) is 0 Å². The number of benzene rings is 3. The summed E-state index contributed by atoms with van der Waals surface area (Å²) in [6, 6.07) is 17.1. The zero-order chi connectivity index (χ0) is 22.2. The van der Waals surface area contributed by atoms with Gasteiger partial charge in [0.2, 0.25) is 10.0 Å². The van der Waals surface area contributed by atoms with Crippen LogP contribution in [0.2, 0.25) is 0 Å². The van der Waals surface area contributed by atoms with Crippen molar-refractivity contribution in [1.29, 1.82) is 0 Å². The SMILES string of the molecule is COc1cccc(CS(=O)(=O)Nc2ccc3c(c2)C(=O)N(C)c2cc(C)ccc2O3)c1. The van der Waals surface area contributed by atoms with E-state index in [1.54, 1.807) is 43.4 Å². The molecule has 0 saturated carbocycles. The second-order valence-electron chi connectivity index (χ2n) is 7.36. The summed E-state index contributed by atoms with van der Waals surface area (Å²) in [5, 5.41) is 0. The van der Waals surface area contributed by atoms with Crippen LogP contribution in [-0.4, -0.2) is 28.5 Å². The quantitative estimate of drug-likeness (QED) is 0.641. The van der Waals surface area contributed by atoms with Gasteiger partial charge in [-0.05, 0) is 60.5 Å². The molecule has 0 radical (unpaired) electrons. The van der Waals surface area contributed by atoms with Crippen molar-refractivity contribution in [1.82, 2.24) is 0 Å². The number of hydrogen-bond acceptors (Lipinski definition) is 5. The molecule has 31 heavy (non-hydrogen) atoms. The number of nitrogens with zero attached hydrogens (tertiary/aromatic N) is 1. The van der Waals surface area contributed by atoms with E-state index < -0.39 is 10.0 Å². The van der Waals surface area contributed by atoms with Crippen LogP contribution in [0.5, 0.6) is 17.2 Å². The Bertz CT molecular complexity index is 1270. The first-order valence-corrected chi connectivity index (χ1v) is 11.2. The molecule has 7 nitrogen and oxygen atoms in total. The molecule has 0 spiro atoms. The van der Waals surface area contributed by atoms with Crippen molar-refractivity contribution >= 4 is 27.3 Å². The number of ether oxygens (including phenoxy) is 2. The van der Waals surface area contributed by atoms with E-state index in [9.17, 15) is 13.2 Å². The summed E-state index contributed by atoms with van der Waals surface area (Å²) in [6.45, 7) is 1.94. The van der Waals surface area contributed by atoms with Crippen LogP contribution in [0.1, 0.15) is 21.5 Å². The van der Waals surface area contributed by atoms with Crippen LogP contribution in [0.4, 0.5) is 11.4 Å². The van der Waals surface area contributed by atoms with Gasteiger partial charge in [-0.2, -0.15) is 0 Å². The highest BCUT2D eigenvalue weighted by atomic mass is 32.2. The molecule has 1 amide bonds. The van der Waals surface area contributed by atoms with E-state index >= 15 is 0 Å². The molecule has 8 heteroatoms. The maximum absolute atomic E-state index is 13.0. The lowest BCUT2D eigenvalue weighted by Gasteiger charge is -2.17. The third-order valence-electron chi connectivity index (χ3n) is 4.97. The van der Waals surface area contributed by atoms with Crippen molar-refractivity contribution in [3.8, 4) is 17.2 Å². The fraction of sp³-hybridized carbons (Fsp3) is 0.174. The lowest BCUT2D eigenvalue weighted by Crippen LogP contribution is -2.25. The molecule has 0 unspecified atom stereocenters. The summed E-state index contributed by atoms with van der Waals surface area (Å²) in [5.74, 6) is 1.00. The van der Waals surface area contributed by atoms with Gasteiger partial charge in [-0.3, -0.25) is 9.52 Å². The summed E-state index contributed by atoms with van der Waals surface area (Å²) >= 11 is 0. The van der Waals surface area contributed by atoms with E-state index in [1.165, 1.54) is 18.1 Å². The molecule has 1 aliphatic rings. The van der Waals surface area contributed by atoms with Crippen LogP contribution < -0.4 is 19.1 Å². The van der Waals surface area contributed by atoms with E-state index in [-0.39, 0.29) is 22.9 Å². The number of carbonyl (C=O) groups excluding carboxylic acids is 1. The van der Waals surface area contributed by atoms with Gasteiger partial charge in [-0.25, -0.2) is 8.42 Å². The van der Waals surface area contributed by atoms with Gasteiger partial charge in [0.15, 0.2) is 5.75 Å². The molecule has 0 fully saturated rings. The summed E-state index contributed by atoms with van der Waals surface area (Å²) in [4.78, 5) is 14.5. The number of rotatable bonds is 5. The largest absolute Gasteiger partial charge is 0.497 e. The van der Waals surface area contributed by atoms with E-state index in [1.807, 2.05) is 25.1 Å². The first-order valence-electron chi connectivity index (χ1n) is 9.60. The molecule has 0 bridgehead atoms. The molecule has 3 aromatic carbocycles. The number of nitrogens with one attached hydrogen (secondary N) is 1. The average molecular weight is 439 g/mol. The Morgan fingerprint density at radius 1 is 1.03 bits per heavy atom. The minimum atomic E-state index is -3.71. The maximum Gasteiger partial charge on any atom is 0.261 e. The third-order valence-corrected chi connectivity index (χ3v) is 6.23. The Morgan fingerprint density at radius 2 is 1.81 bits per heavy atom. The van der Waals surface area contributed by atoms with Crippen molar-refractivity contribution in [3.05, 3.63) is 77.4 Å². The summed E-state index contributed by atoms with van der Waals surface area (Å²) < 4.78 is 39.0. The number of carbonyl (C=O) groups is 1. The van der Waals surface area contributed by atoms with Crippen LogP contribution >= 0.6 is 0 Å². The van der Waals surface area contributed by atoms with Crippen molar-refractivity contribution in [2.45, 2.75) is 12.7 Å². The number of sulfonamides is 1. The van der Waals surface area contributed by atoms with Gasteiger partial charge in [0, 0.05) is 12.7 Å². The zero-order valence-electron chi connectivity index (χ0n) is 17.4. The molecule has 0 aliphatic carbocycles. The Morgan fingerprint density at radius 3 is 2.58 bits per heavy atom. The van der Waals surface area contributed by atoms with Gasteiger partial charge in [-0.1, -0.05) is 18.2 Å². The molecule has 160 valence electrons. The molecule has 1 N–H and O–H groups in total. The molecule has 1 heterocycles.